The predicted octanol–water partition coefficient (Wildman–Crippen LogP) is 2.02. The van der Waals surface area contributed by atoms with E-state index in [4.69, 9.17) is 0 Å². The molecule has 1 N–H and O–H groups in total. The van der Waals surface area contributed by atoms with Crippen LogP contribution < -0.4 is 4.72 Å². The summed E-state index contributed by atoms with van der Waals surface area (Å²) in [5.41, 5.74) is 1.38. The monoisotopic (exact) mass is 405 g/mol. The number of benzene rings is 1. The highest BCUT2D eigenvalue weighted by molar-refractivity contribution is 7.88. The van der Waals surface area contributed by atoms with Gasteiger partial charge in [0.15, 0.2) is 5.82 Å². The molecule has 0 saturated carbocycles. The third-order valence-electron chi connectivity index (χ3n) is 5.22. The lowest BCUT2D eigenvalue weighted by atomic mass is 10.1. The summed E-state index contributed by atoms with van der Waals surface area (Å²) in [7, 11) is -3.32. The van der Waals surface area contributed by atoms with Crippen LogP contribution in [0.1, 0.15) is 43.5 Å². The fraction of sp³-hybridized carbons (Fsp3) is 0.600. The van der Waals surface area contributed by atoms with E-state index in [1.165, 1.54) is 11.8 Å². The Kier molecular flexibility index (Phi) is 6.85. The van der Waals surface area contributed by atoms with E-state index in [1.807, 2.05) is 13.8 Å². The highest BCUT2D eigenvalue weighted by Gasteiger charge is 2.28. The van der Waals surface area contributed by atoms with Crippen molar-refractivity contribution in [2.24, 2.45) is 5.92 Å². The number of nitrogens with zero attached hydrogens (tertiary/aromatic N) is 4. The molecule has 1 aromatic heterocycles. The lowest BCUT2D eigenvalue weighted by molar-refractivity contribution is 0.273. The number of hydrogen-bond acceptors (Lipinski definition) is 5. The number of sulfonamides is 1. The van der Waals surface area contributed by atoms with Crippen molar-refractivity contribution in [3.8, 4) is 0 Å². The molecule has 1 aromatic carbocycles. The second-order valence-corrected chi connectivity index (χ2v) is 9.70. The molecule has 8 heteroatoms. The molecule has 2 aromatic rings. The molecule has 2 heterocycles. The maximum Gasteiger partial charge on any atom is 0.209 e. The van der Waals surface area contributed by atoms with Gasteiger partial charge in [0.1, 0.15) is 5.82 Å². The third kappa shape index (κ3) is 5.62. The zero-order valence-corrected chi connectivity index (χ0v) is 17.8. The lowest BCUT2D eigenvalue weighted by Gasteiger charge is -2.22. The maximum absolute atomic E-state index is 11.8. The Bertz CT molecular complexity index is 864. The van der Waals surface area contributed by atoms with Gasteiger partial charge in [0, 0.05) is 26.1 Å². The Hall–Kier alpha value is -1.77. The first kappa shape index (κ1) is 21.0. The van der Waals surface area contributed by atoms with Gasteiger partial charge in [-0.2, -0.15) is 0 Å². The zero-order chi connectivity index (χ0) is 20.1. The highest BCUT2D eigenvalue weighted by atomic mass is 32.2. The van der Waals surface area contributed by atoms with Crippen LogP contribution >= 0.6 is 0 Å². The molecule has 0 bridgehead atoms. The van der Waals surface area contributed by atoms with Gasteiger partial charge in [-0.3, -0.25) is 0 Å². The first-order valence-electron chi connectivity index (χ1n) is 9.99. The van der Waals surface area contributed by atoms with E-state index >= 15 is 0 Å². The van der Waals surface area contributed by atoms with Gasteiger partial charge in [0.05, 0.1) is 12.3 Å². The van der Waals surface area contributed by atoms with Gasteiger partial charge < -0.3 is 9.47 Å². The van der Waals surface area contributed by atoms with Crippen LogP contribution in [-0.2, 0) is 29.4 Å². The molecule has 7 nitrogen and oxygen atoms in total. The summed E-state index contributed by atoms with van der Waals surface area (Å²) < 4.78 is 28.4. The van der Waals surface area contributed by atoms with Crippen LogP contribution in [0, 0.1) is 5.92 Å². The number of fused-ring (bicyclic) bond motifs is 1. The minimum atomic E-state index is -3.32. The van der Waals surface area contributed by atoms with E-state index in [0.717, 1.165) is 57.1 Å². The Morgan fingerprint density at radius 2 is 1.86 bits per heavy atom. The van der Waals surface area contributed by atoms with Crippen molar-refractivity contribution < 1.29 is 8.42 Å². The average Bonchev–Trinajstić information content (AvgIpc) is 2.93. The second-order valence-electron chi connectivity index (χ2n) is 7.92. The number of aromatic nitrogens is 3. The van der Waals surface area contributed by atoms with Crippen LogP contribution in [0.5, 0.6) is 0 Å². The van der Waals surface area contributed by atoms with Crippen LogP contribution in [-0.4, -0.2) is 54.0 Å². The first-order chi connectivity index (χ1) is 13.3. The number of nitrogens with one attached hydrogen (secondary N) is 1. The van der Waals surface area contributed by atoms with Crippen LogP contribution in [0.4, 0.5) is 0 Å². The molecule has 1 aliphatic rings. The highest BCUT2D eigenvalue weighted by Crippen LogP contribution is 2.23. The molecule has 0 aliphatic carbocycles. The first-order valence-corrected chi connectivity index (χ1v) is 11.9. The fourth-order valence-corrected chi connectivity index (χ4v) is 4.55. The van der Waals surface area contributed by atoms with E-state index in [9.17, 15) is 8.42 Å². The van der Waals surface area contributed by atoms with Gasteiger partial charge >= 0.3 is 0 Å². The van der Waals surface area contributed by atoms with Gasteiger partial charge in [0.25, 0.3) is 0 Å². The summed E-state index contributed by atoms with van der Waals surface area (Å²) in [6.07, 6.45) is 4.24. The third-order valence-corrected chi connectivity index (χ3v) is 5.90. The maximum atomic E-state index is 11.8. The number of hydrogen-bond donors (Lipinski definition) is 1. The van der Waals surface area contributed by atoms with Crippen molar-refractivity contribution in [2.75, 3.05) is 25.9 Å². The Labute approximate surface area is 168 Å². The average molecular weight is 406 g/mol. The van der Waals surface area contributed by atoms with Crippen molar-refractivity contribution in [3.05, 3.63) is 47.5 Å². The van der Waals surface area contributed by atoms with Gasteiger partial charge in [0.2, 0.25) is 10.0 Å². The zero-order valence-electron chi connectivity index (χ0n) is 17.0. The predicted molar refractivity (Wildman–Crippen MR) is 110 cm³/mol. The smallest absolute Gasteiger partial charge is 0.209 e. The summed E-state index contributed by atoms with van der Waals surface area (Å²) in [5.74, 6) is 1.76. The lowest BCUT2D eigenvalue weighted by Crippen LogP contribution is -2.34. The molecule has 28 heavy (non-hydrogen) atoms. The second kappa shape index (κ2) is 9.15. The molecule has 0 saturated heterocycles. The van der Waals surface area contributed by atoms with Crippen molar-refractivity contribution in [1.29, 1.82) is 0 Å². The van der Waals surface area contributed by atoms with E-state index in [0.29, 0.717) is 0 Å². The largest absolute Gasteiger partial charge is 0.312 e. The van der Waals surface area contributed by atoms with E-state index in [1.54, 1.807) is 0 Å². The number of aryl methyl sites for hydroxylation is 1. The van der Waals surface area contributed by atoms with Crippen LogP contribution in [0.2, 0.25) is 0 Å². The standard InChI is InChI=1S/C20H31N5O2S/c1-16(2)19(23-28(3,26)27)20-22-21-18-11-13-24(14-15-25(18)20)12-7-10-17-8-5-4-6-9-17/h4-6,8-9,16,19,23H,7,10-15H2,1-3H3/t19-/m0/s1. The summed E-state index contributed by atoms with van der Waals surface area (Å²) in [6.45, 7) is 7.72. The molecule has 1 aliphatic heterocycles. The van der Waals surface area contributed by atoms with Gasteiger partial charge in [-0.15, -0.1) is 10.2 Å². The molecule has 154 valence electrons. The summed E-state index contributed by atoms with van der Waals surface area (Å²) in [5, 5.41) is 8.70. The van der Waals surface area contributed by atoms with E-state index in [2.05, 4.69) is 54.7 Å². The molecular formula is C20H31N5O2S. The van der Waals surface area contributed by atoms with Crippen LogP contribution in [0.15, 0.2) is 30.3 Å². The summed E-state index contributed by atoms with van der Waals surface area (Å²) >= 11 is 0. The van der Waals surface area contributed by atoms with Crippen molar-refractivity contribution in [3.63, 3.8) is 0 Å². The fourth-order valence-electron chi connectivity index (χ4n) is 3.71. The number of rotatable bonds is 8. The molecule has 0 spiro atoms. The van der Waals surface area contributed by atoms with E-state index < -0.39 is 10.0 Å². The molecule has 0 radical (unpaired) electrons. The topological polar surface area (TPSA) is 80.1 Å². The molecular weight excluding hydrogens is 374 g/mol. The molecule has 1 atom stereocenters. The Morgan fingerprint density at radius 1 is 1.11 bits per heavy atom. The van der Waals surface area contributed by atoms with Crippen molar-refractivity contribution in [2.45, 2.75) is 45.7 Å². The van der Waals surface area contributed by atoms with Gasteiger partial charge in [-0.25, -0.2) is 13.1 Å². The normalized spacial score (nSPS) is 16.7. The summed E-state index contributed by atoms with van der Waals surface area (Å²) in [6, 6.07) is 10.2. The molecule has 0 unspecified atom stereocenters. The SMILES string of the molecule is CC(C)[C@H](NS(C)(=O)=O)c1nnc2n1CCN(CCCc1ccccc1)CC2. The van der Waals surface area contributed by atoms with Crippen LogP contribution in [0.25, 0.3) is 0 Å². The van der Waals surface area contributed by atoms with Gasteiger partial charge in [-0.1, -0.05) is 44.2 Å². The van der Waals surface area contributed by atoms with Gasteiger partial charge in [-0.05, 0) is 30.9 Å². The molecule has 3 rings (SSSR count). The Balaban J connectivity index is 1.62. The van der Waals surface area contributed by atoms with Crippen molar-refractivity contribution in [1.82, 2.24) is 24.4 Å². The van der Waals surface area contributed by atoms with Crippen molar-refractivity contribution >= 4 is 10.0 Å². The molecule has 0 fully saturated rings. The quantitative estimate of drug-likeness (QED) is 0.727. The minimum Gasteiger partial charge on any atom is -0.312 e. The summed E-state index contributed by atoms with van der Waals surface area (Å²) in [4.78, 5) is 2.47. The minimum absolute atomic E-state index is 0.0910. The Morgan fingerprint density at radius 3 is 2.54 bits per heavy atom. The molecule has 0 amide bonds. The van der Waals surface area contributed by atoms with Crippen LogP contribution in [0.3, 0.4) is 0 Å². The van der Waals surface area contributed by atoms with E-state index in [-0.39, 0.29) is 12.0 Å².